The van der Waals surface area contributed by atoms with Crippen LogP contribution in [0.5, 0.6) is 5.75 Å². The van der Waals surface area contributed by atoms with E-state index in [2.05, 4.69) is 20.5 Å². The van der Waals surface area contributed by atoms with E-state index in [0.717, 1.165) is 25.1 Å². The summed E-state index contributed by atoms with van der Waals surface area (Å²) >= 11 is 0. The second-order valence-electron chi connectivity index (χ2n) is 10.8. The molecular weight excluding hydrogens is 567 g/mol. The van der Waals surface area contributed by atoms with Crippen molar-refractivity contribution in [2.24, 2.45) is 12.1 Å². The van der Waals surface area contributed by atoms with Gasteiger partial charge in [-0.05, 0) is 37.5 Å². The lowest BCUT2D eigenvalue weighted by Crippen LogP contribution is -2.58. The third kappa shape index (κ3) is 5.78. The Balaban J connectivity index is 1.11. The first-order valence-corrected chi connectivity index (χ1v) is 14.0. The van der Waals surface area contributed by atoms with E-state index < -0.39 is 35.6 Å². The first-order chi connectivity index (χ1) is 20.7. The van der Waals surface area contributed by atoms with Gasteiger partial charge in [0, 0.05) is 56.6 Å². The highest BCUT2D eigenvalue weighted by atomic mass is 19.1. The van der Waals surface area contributed by atoms with E-state index in [4.69, 9.17) is 9.47 Å². The summed E-state index contributed by atoms with van der Waals surface area (Å²) in [5, 5.41) is 12.8. The Morgan fingerprint density at radius 3 is 2.51 bits per heavy atom. The molecule has 0 bridgehead atoms. The highest BCUT2D eigenvalue weighted by molar-refractivity contribution is 5.95. The van der Waals surface area contributed by atoms with Gasteiger partial charge < -0.3 is 19.7 Å². The van der Waals surface area contributed by atoms with E-state index in [-0.39, 0.29) is 30.8 Å². The Labute approximate surface area is 245 Å². The van der Waals surface area contributed by atoms with Gasteiger partial charge in [0.15, 0.2) is 11.6 Å². The highest BCUT2D eigenvalue weighted by Crippen LogP contribution is 2.33. The summed E-state index contributed by atoms with van der Waals surface area (Å²) < 4.78 is 55.0. The van der Waals surface area contributed by atoms with Crippen molar-refractivity contribution < 1.29 is 32.2 Å². The number of pyridine rings is 1. The number of carbonyl (C=O) groups excluding carboxylic acids is 2. The van der Waals surface area contributed by atoms with Crippen LogP contribution in [0.2, 0.25) is 0 Å². The molecule has 226 valence electrons. The summed E-state index contributed by atoms with van der Waals surface area (Å²) in [5.74, 6) is -2.47. The van der Waals surface area contributed by atoms with E-state index in [1.807, 2.05) is 0 Å². The second kappa shape index (κ2) is 11.7. The zero-order chi connectivity index (χ0) is 30.2. The number of urea groups is 1. The molecule has 11 nitrogen and oxygen atoms in total. The number of hydrogen-bond acceptors (Lipinski definition) is 7. The summed E-state index contributed by atoms with van der Waals surface area (Å²) in [7, 11) is 1.66. The quantitative estimate of drug-likeness (QED) is 0.463. The van der Waals surface area contributed by atoms with Crippen molar-refractivity contribution >= 4 is 18.2 Å². The molecular formula is C29H30F3N7O4. The van der Waals surface area contributed by atoms with Gasteiger partial charge in [0.1, 0.15) is 29.1 Å². The Kier molecular flexibility index (Phi) is 7.77. The van der Waals surface area contributed by atoms with Crippen LogP contribution in [0.3, 0.4) is 0 Å². The van der Waals surface area contributed by atoms with Crippen LogP contribution in [-0.2, 0) is 11.8 Å². The molecule has 2 aromatic heterocycles. The fourth-order valence-corrected chi connectivity index (χ4v) is 5.56. The third-order valence-electron chi connectivity index (χ3n) is 7.83. The molecule has 0 aliphatic carbocycles. The van der Waals surface area contributed by atoms with Gasteiger partial charge in [0.25, 0.3) is 5.91 Å². The average Bonchev–Trinajstić information content (AvgIpc) is 3.55. The van der Waals surface area contributed by atoms with Crippen molar-refractivity contribution in [3.63, 3.8) is 0 Å². The van der Waals surface area contributed by atoms with Crippen LogP contribution < -0.4 is 10.1 Å². The molecule has 6 rings (SSSR count). The van der Waals surface area contributed by atoms with Crippen LogP contribution in [-0.4, -0.2) is 81.3 Å². The smallest absolute Gasteiger partial charge is 0.341 e. The van der Waals surface area contributed by atoms with Gasteiger partial charge in [0.05, 0.1) is 31.0 Å². The van der Waals surface area contributed by atoms with Crippen molar-refractivity contribution in [3.8, 4) is 17.1 Å². The van der Waals surface area contributed by atoms with Gasteiger partial charge in [-0.2, -0.15) is 10.2 Å². The normalized spacial score (nSPS) is 19.0. The largest absolute Gasteiger partial charge is 0.483 e. The maximum absolute atomic E-state index is 14.7. The van der Waals surface area contributed by atoms with Crippen molar-refractivity contribution in [2.45, 2.75) is 44.4 Å². The van der Waals surface area contributed by atoms with Crippen molar-refractivity contribution in [3.05, 3.63) is 64.7 Å². The number of benzene rings is 1. The van der Waals surface area contributed by atoms with Gasteiger partial charge >= 0.3 is 6.03 Å². The Bertz CT molecular complexity index is 1560. The maximum Gasteiger partial charge on any atom is 0.341 e. The minimum Gasteiger partial charge on any atom is -0.483 e. The SMILES string of the molecule is Cc1c(-c2cc(OC3CN(C(=O)N4N=CCC4c4cc(F)cc(F)c4)C3)c(F)cn2)nn(C)c1C(=O)NC1CCOCC1. The van der Waals surface area contributed by atoms with Crippen LogP contribution in [0.15, 0.2) is 35.6 Å². The summed E-state index contributed by atoms with van der Waals surface area (Å²) in [4.78, 5) is 31.8. The molecule has 1 aromatic carbocycles. The van der Waals surface area contributed by atoms with Crippen molar-refractivity contribution in [1.29, 1.82) is 0 Å². The topological polar surface area (TPSA) is 114 Å². The molecule has 2 saturated heterocycles. The first-order valence-electron chi connectivity index (χ1n) is 14.0. The Morgan fingerprint density at radius 1 is 1.07 bits per heavy atom. The lowest BCUT2D eigenvalue weighted by molar-refractivity contribution is 0.0256. The number of halogens is 3. The zero-order valence-corrected chi connectivity index (χ0v) is 23.6. The lowest BCUT2D eigenvalue weighted by Gasteiger charge is -2.41. The van der Waals surface area contributed by atoms with Crippen molar-refractivity contribution in [1.82, 2.24) is 30.0 Å². The average molecular weight is 598 g/mol. The van der Waals surface area contributed by atoms with Crippen LogP contribution in [0, 0.1) is 24.4 Å². The van der Waals surface area contributed by atoms with Gasteiger partial charge in [-0.15, -0.1) is 0 Å². The summed E-state index contributed by atoms with van der Waals surface area (Å²) in [5.41, 5.74) is 2.03. The molecule has 3 aliphatic rings. The van der Waals surface area contributed by atoms with E-state index in [9.17, 15) is 22.8 Å². The monoisotopic (exact) mass is 597 g/mol. The zero-order valence-electron chi connectivity index (χ0n) is 23.6. The number of nitrogens with zero attached hydrogens (tertiary/aromatic N) is 6. The Hall–Kier alpha value is -4.46. The minimum absolute atomic E-state index is 0.0179. The first kappa shape index (κ1) is 28.6. The number of amides is 3. The molecule has 0 spiro atoms. The molecule has 1 unspecified atom stereocenters. The van der Waals surface area contributed by atoms with Gasteiger partial charge in [-0.25, -0.2) is 23.0 Å². The molecule has 0 saturated carbocycles. The minimum atomic E-state index is -0.735. The number of rotatable bonds is 6. The molecule has 5 heterocycles. The van der Waals surface area contributed by atoms with Gasteiger partial charge in [-0.1, -0.05) is 0 Å². The number of hydrogen-bond donors (Lipinski definition) is 1. The van der Waals surface area contributed by atoms with Crippen LogP contribution in [0.25, 0.3) is 11.4 Å². The highest BCUT2D eigenvalue weighted by Gasteiger charge is 2.39. The molecule has 3 aromatic rings. The molecule has 0 radical (unpaired) electrons. The summed E-state index contributed by atoms with van der Waals surface area (Å²) in [6, 6.07) is 3.49. The van der Waals surface area contributed by atoms with Crippen LogP contribution >= 0.6 is 0 Å². The number of aromatic nitrogens is 3. The molecule has 1 N–H and O–H groups in total. The number of ether oxygens (including phenoxy) is 2. The lowest BCUT2D eigenvalue weighted by atomic mass is 10.0. The molecule has 3 aliphatic heterocycles. The van der Waals surface area contributed by atoms with E-state index in [1.165, 1.54) is 39.0 Å². The third-order valence-corrected chi connectivity index (χ3v) is 7.83. The summed E-state index contributed by atoms with van der Waals surface area (Å²) in [6.07, 6.45) is 3.84. The van der Waals surface area contributed by atoms with Crippen LogP contribution in [0.1, 0.15) is 46.9 Å². The van der Waals surface area contributed by atoms with Gasteiger partial charge in [-0.3, -0.25) is 14.5 Å². The number of nitrogens with one attached hydrogen (secondary N) is 1. The second-order valence-corrected chi connectivity index (χ2v) is 10.8. The molecule has 3 amide bonds. The Morgan fingerprint density at radius 2 is 1.79 bits per heavy atom. The predicted octanol–water partition coefficient (Wildman–Crippen LogP) is 3.73. The van der Waals surface area contributed by atoms with Crippen molar-refractivity contribution in [2.75, 3.05) is 26.3 Å². The van der Waals surface area contributed by atoms with Crippen LogP contribution in [0.4, 0.5) is 18.0 Å². The standard InChI is InChI=1S/C29H30F3N7O4/c1-16-26(36-37(2)27(16)28(40)35-20-4-7-42-8-5-20)23-12-25(22(32)13-33-23)43-21-14-38(15-21)29(41)39-24(3-6-34-39)17-9-18(30)11-19(31)10-17/h6,9-13,20-21,24H,3-5,7-8,14-15H2,1-2H3,(H,35,40). The van der Waals surface area contributed by atoms with E-state index in [1.54, 1.807) is 14.0 Å². The van der Waals surface area contributed by atoms with Gasteiger partial charge in [0.2, 0.25) is 0 Å². The van der Waals surface area contributed by atoms with E-state index in [0.29, 0.717) is 47.8 Å². The van der Waals surface area contributed by atoms with E-state index >= 15 is 0 Å². The predicted molar refractivity (Wildman–Crippen MR) is 148 cm³/mol. The molecule has 14 heteroatoms. The fraction of sp³-hybridized carbons (Fsp3) is 0.414. The number of likely N-dealkylation sites (tertiary alicyclic amines) is 1. The maximum atomic E-state index is 14.7. The number of aryl methyl sites for hydroxylation is 1. The number of carbonyl (C=O) groups is 2. The number of hydrazone groups is 1. The molecule has 2 fully saturated rings. The fourth-order valence-electron chi connectivity index (χ4n) is 5.56. The molecule has 43 heavy (non-hydrogen) atoms. The molecule has 1 atom stereocenters. The summed E-state index contributed by atoms with van der Waals surface area (Å²) in [6.45, 7) is 3.27.